The van der Waals surface area contributed by atoms with E-state index in [0.717, 1.165) is 37.7 Å². The van der Waals surface area contributed by atoms with Gasteiger partial charge < -0.3 is 10.4 Å². The summed E-state index contributed by atoms with van der Waals surface area (Å²) >= 11 is 0. The second-order valence-electron chi connectivity index (χ2n) is 5.85. The molecule has 0 aromatic heterocycles. The maximum absolute atomic E-state index is 11.8. The zero-order valence-corrected chi connectivity index (χ0v) is 12.7. The van der Waals surface area contributed by atoms with Gasteiger partial charge in [-0.05, 0) is 55.2 Å². The molecule has 3 nitrogen and oxygen atoms in total. The van der Waals surface area contributed by atoms with E-state index in [4.69, 9.17) is 0 Å². The number of rotatable bonds is 5. The van der Waals surface area contributed by atoms with E-state index in [1.807, 2.05) is 18.2 Å². The summed E-state index contributed by atoms with van der Waals surface area (Å²) < 4.78 is 0. The summed E-state index contributed by atoms with van der Waals surface area (Å²) in [5, 5.41) is 12.4. The van der Waals surface area contributed by atoms with Crippen molar-refractivity contribution in [2.24, 2.45) is 5.92 Å². The largest absolute Gasteiger partial charge is 0.393 e. The molecule has 0 bridgehead atoms. The molecule has 1 aliphatic rings. The van der Waals surface area contributed by atoms with Crippen molar-refractivity contribution in [3.05, 3.63) is 41.5 Å². The summed E-state index contributed by atoms with van der Waals surface area (Å²) in [4.78, 5) is 11.8. The Balaban J connectivity index is 1.74. The number of amides is 1. The minimum Gasteiger partial charge on any atom is -0.393 e. The monoisotopic (exact) mass is 287 g/mol. The minimum atomic E-state index is -0.136. The molecule has 1 aliphatic carbocycles. The van der Waals surface area contributed by atoms with E-state index in [1.165, 1.54) is 5.56 Å². The van der Waals surface area contributed by atoms with Crippen LogP contribution in [0.15, 0.2) is 30.3 Å². The van der Waals surface area contributed by atoms with Gasteiger partial charge >= 0.3 is 0 Å². The van der Waals surface area contributed by atoms with Crippen molar-refractivity contribution >= 4 is 12.0 Å². The van der Waals surface area contributed by atoms with Crippen LogP contribution < -0.4 is 5.32 Å². The minimum absolute atomic E-state index is 0.0410. The highest BCUT2D eigenvalue weighted by molar-refractivity contribution is 5.91. The van der Waals surface area contributed by atoms with Gasteiger partial charge in [-0.15, -0.1) is 0 Å². The number of hydrogen-bond acceptors (Lipinski definition) is 2. The number of benzene rings is 1. The first-order valence-corrected chi connectivity index (χ1v) is 7.90. The van der Waals surface area contributed by atoms with Crippen LogP contribution in [0.25, 0.3) is 6.08 Å². The normalized spacial score (nSPS) is 22.4. The molecule has 0 unspecified atom stereocenters. The summed E-state index contributed by atoms with van der Waals surface area (Å²) in [6.45, 7) is 2.84. The molecule has 0 spiro atoms. The quantitative estimate of drug-likeness (QED) is 0.818. The van der Waals surface area contributed by atoms with Gasteiger partial charge in [0, 0.05) is 12.6 Å². The van der Waals surface area contributed by atoms with Crippen LogP contribution in [-0.4, -0.2) is 23.7 Å². The Morgan fingerprint density at radius 2 is 1.90 bits per heavy atom. The Hall–Kier alpha value is -1.61. The van der Waals surface area contributed by atoms with Crippen LogP contribution >= 0.6 is 0 Å². The Labute approximate surface area is 127 Å². The first-order chi connectivity index (χ1) is 10.2. The maximum atomic E-state index is 11.8. The van der Waals surface area contributed by atoms with Crippen molar-refractivity contribution in [3.63, 3.8) is 0 Å². The predicted molar refractivity (Wildman–Crippen MR) is 85.8 cm³/mol. The smallest absolute Gasteiger partial charge is 0.244 e. The zero-order chi connectivity index (χ0) is 15.1. The Kier molecular flexibility index (Phi) is 6.00. The fourth-order valence-corrected chi connectivity index (χ4v) is 2.69. The maximum Gasteiger partial charge on any atom is 0.244 e. The van der Waals surface area contributed by atoms with Gasteiger partial charge in [-0.3, -0.25) is 4.79 Å². The van der Waals surface area contributed by atoms with Crippen molar-refractivity contribution in [2.75, 3.05) is 6.54 Å². The molecule has 3 heteroatoms. The molecular formula is C18H25NO2. The molecule has 2 N–H and O–H groups in total. The van der Waals surface area contributed by atoms with Gasteiger partial charge in [-0.25, -0.2) is 0 Å². The molecular weight excluding hydrogens is 262 g/mol. The van der Waals surface area contributed by atoms with Crippen LogP contribution in [0.3, 0.4) is 0 Å². The highest BCUT2D eigenvalue weighted by Gasteiger charge is 2.19. The Bertz CT molecular complexity index is 470. The number of aryl methyl sites for hydroxylation is 1. The average molecular weight is 287 g/mol. The number of aliphatic hydroxyl groups is 1. The second-order valence-corrected chi connectivity index (χ2v) is 5.85. The van der Waals surface area contributed by atoms with Gasteiger partial charge in [0.05, 0.1) is 6.10 Å². The average Bonchev–Trinajstić information content (AvgIpc) is 2.53. The molecule has 2 rings (SSSR count). The fraction of sp³-hybridized carbons (Fsp3) is 0.500. The van der Waals surface area contributed by atoms with Crippen LogP contribution in [0, 0.1) is 5.92 Å². The van der Waals surface area contributed by atoms with Crippen LogP contribution in [0.1, 0.15) is 43.7 Å². The molecule has 114 valence electrons. The standard InChI is InChI=1S/C18H25NO2/c1-2-14-3-5-15(6-4-14)9-12-18(21)19-13-16-7-10-17(20)11-8-16/h3-6,9,12,16-17,20H,2,7-8,10-11,13H2,1H3,(H,19,21)/b12-9+. The van der Waals surface area contributed by atoms with Crippen LogP contribution in [-0.2, 0) is 11.2 Å². The second kappa shape index (κ2) is 7.99. The summed E-state index contributed by atoms with van der Waals surface area (Å²) in [5.74, 6) is 0.468. The molecule has 21 heavy (non-hydrogen) atoms. The number of nitrogens with one attached hydrogen (secondary N) is 1. The summed E-state index contributed by atoms with van der Waals surface area (Å²) in [6, 6.07) is 8.24. The molecule has 1 fully saturated rings. The van der Waals surface area contributed by atoms with Crippen LogP contribution in [0.2, 0.25) is 0 Å². The van der Waals surface area contributed by atoms with E-state index in [2.05, 4.69) is 24.4 Å². The molecule has 0 radical (unpaired) electrons. The molecule has 0 heterocycles. The number of hydrogen-bond donors (Lipinski definition) is 2. The third-order valence-electron chi connectivity index (χ3n) is 4.20. The molecule has 0 atom stereocenters. The predicted octanol–water partition coefficient (Wildman–Crippen LogP) is 2.93. The van der Waals surface area contributed by atoms with Crippen LogP contribution in [0.5, 0.6) is 0 Å². The fourth-order valence-electron chi connectivity index (χ4n) is 2.69. The van der Waals surface area contributed by atoms with Gasteiger partial charge in [0.25, 0.3) is 0 Å². The summed E-state index contributed by atoms with van der Waals surface area (Å²) in [6.07, 6.45) is 8.06. The van der Waals surface area contributed by atoms with E-state index in [9.17, 15) is 9.90 Å². The number of carbonyl (C=O) groups is 1. The van der Waals surface area contributed by atoms with Crippen molar-refractivity contribution in [1.29, 1.82) is 0 Å². The van der Waals surface area contributed by atoms with Gasteiger partial charge in [0.15, 0.2) is 0 Å². The third-order valence-corrected chi connectivity index (χ3v) is 4.20. The van der Waals surface area contributed by atoms with E-state index in [1.54, 1.807) is 6.08 Å². The number of carbonyl (C=O) groups excluding carboxylic acids is 1. The van der Waals surface area contributed by atoms with Crippen LogP contribution in [0.4, 0.5) is 0 Å². The van der Waals surface area contributed by atoms with Crippen molar-refractivity contribution in [2.45, 2.75) is 45.1 Å². The van der Waals surface area contributed by atoms with Crippen molar-refractivity contribution < 1.29 is 9.90 Å². The number of aliphatic hydroxyl groups excluding tert-OH is 1. The van der Waals surface area contributed by atoms with E-state index in [0.29, 0.717) is 12.5 Å². The Morgan fingerprint density at radius 3 is 2.52 bits per heavy atom. The zero-order valence-electron chi connectivity index (χ0n) is 12.7. The van der Waals surface area contributed by atoms with E-state index in [-0.39, 0.29) is 12.0 Å². The first-order valence-electron chi connectivity index (χ1n) is 7.90. The molecule has 0 aliphatic heterocycles. The van der Waals surface area contributed by atoms with Gasteiger partial charge in [-0.1, -0.05) is 31.2 Å². The molecule has 1 saturated carbocycles. The molecule has 1 aromatic carbocycles. The Morgan fingerprint density at radius 1 is 1.24 bits per heavy atom. The SMILES string of the molecule is CCc1ccc(/C=C/C(=O)NCC2CCC(O)CC2)cc1. The lowest BCUT2D eigenvalue weighted by atomic mass is 9.87. The van der Waals surface area contributed by atoms with E-state index < -0.39 is 0 Å². The summed E-state index contributed by atoms with van der Waals surface area (Å²) in [7, 11) is 0. The topological polar surface area (TPSA) is 49.3 Å². The van der Waals surface area contributed by atoms with Crippen molar-refractivity contribution in [1.82, 2.24) is 5.32 Å². The van der Waals surface area contributed by atoms with Gasteiger partial charge in [-0.2, -0.15) is 0 Å². The lowest BCUT2D eigenvalue weighted by molar-refractivity contribution is -0.116. The lowest BCUT2D eigenvalue weighted by Crippen LogP contribution is -2.31. The first kappa shape index (κ1) is 15.8. The van der Waals surface area contributed by atoms with Crippen molar-refractivity contribution in [3.8, 4) is 0 Å². The van der Waals surface area contributed by atoms with E-state index >= 15 is 0 Å². The molecule has 1 aromatic rings. The molecule has 1 amide bonds. The van der Waals surface area contributed by atoms with Gasteiger partial charge in [0.2, 0.25) is 5.91 Å². The third kappa shape index (κ3) is 5.35. The summed E-state index contributed by atoms with van der Waals surface area (Å²) in [5.41, 5.74) is 2.35. The highest BCUT2D eigenvalue weighted by atomic mass is 16.3. The highest BCUT2D eigenvalue weighted by Crippen LogP contribution is 2.23. The lowest BCUT2D eigenvalue weighted by Gasteiger charge is -2.25. The van der Waals surface area contributed by atoms with Gasteiger partial charge in [0.1, 0.15) is 0 Å². The molecule has 0 saturated heterocycles.